The number of halogens is 3. The van der Waals surface area contributed by atoms with Crippen LogP contribution in [0.4, 0.5) is 8.78 Å². The molecule has 0 aliphatic heterocycles. The molecule has 0 aromatic rings. The van der Waals surface area contributed by atoms with Gasteiger partial charge in [-0.25, -0.2) is 8.78 Å². The van der Waals surface area contributed by atoms with Gasteiger partial charge in [0.1, 0.15) is 0 Å². The van der Waals surface area contributed by atoms with Crippen molar-refractivity contribution in [1.29, 1.82) is 0 Å². The van der Waals surface area contributed by atoms with Crippen LogP contribution in [0.2, 0.25) is 0 Å². The fourth-order valence-electron chi connectivity index (χ4n) is 2.62. The van der Waals surface area contributed by atoms with E-state index in [1.165, 1.54) is 12.8 Å². The molecule has 1 rings (SSSR count). The summed E-state index contributed by atoms with van der Waals surface area (Å²) in [5.41, 5.74) is 0.221. The fourth-order valence-corrected chi connectivity index (χ4v) is 2.62. The molecule has 0 bridgehead atoms. The summed E-state index contributed by atoms with van der Waals surface area (Å²) in [6.45, 7) is 1.13. The summed E-state index contributed by atoms with van der Waals surface area (Å²) in [4.78, 5) is 3.96. The van der Waals surface area contributed by atoms with E-state index < -0.39 is 6.43 Å². The van der Waals surface area contributed by atoms with Crippen molar-refractivity contribution in [3.63, 3.8) is 0 Å². The van der Waals surface area contributed by atoms with Gasteiger partial charge in [0, 0.05) is 27.3 Å². The molecule has 0 unspecified atom stereocenters. The molecule has 1 aliphatic carbocycles. The Morgan fingerprint density at radius 1 is 1.30 bits per heavy atom. The number of rotatable bonds is 7. The van der Waals surface area contributed by atoms with Crippen LogP contribution in [0.15, 0.2) is 4.99 Å². The molecule has 20 heavy (non-hydrogen) atoms. The second-order valence-electron chi connectivity index (χ2n) is 5.15. The number of hydrogen-bond donors (Lipinski definition) is 2. The van der Waals surface area contributed by atoms with Crippen molar-refractivity contribution in [3.05, 3.63) is 0 Å². The van der Waals surface area contributed by atoms with Gasteiger partial charge in [-0.2, -0.15) is 0 Å². The maximum atomic E-state index is 12.2. The zero-order valence-electron chi connectivity index (χ0n) is 12.3. The van der Waals surface area contributed by atoms with E-state index in [0.29, 0.717) is 5.96 Å². The lowest BCUT2D eigenvalue weighted by molar-refractivity contribution is 0.137. The first-order valence-corrected chi connectivity index (χ1v) is 6.83. The van der Waals surface area contributed by atoms with E-state index in [-0.39, 0.29) is 35.9 Å². The van der Waals surface area contributed by atoms with Crippen molar-refractivity contribution in [3.8, 4) is 0 Å². The maximum Gasteiger partial charge on any atom is 0.255 e. The Kier molecular flexibility index (Phi) is 10.4. The largest absolute Gasteiger partial charge is 0.385 e. The Morgan fingerprint density at radius 3 is 2.45 bits per heavy atom. The molecule has 0 aromatic carbocycles. The third-order valence-corrected chi connectivity index (χ3v) is 3.78. The number of ether oxygens (including phenoxy) is 1. The minimum Gasteiger partial charge on any atom is -0.385 e. The van der Waals surface area contributed by atoms with E-state index in [1.807, 2.05) is 0 Å². The number of methoxy groups -OCH3 is 1. The second kappa shape index (κ2) is 10.5. The monoisotopic (exact) mass is 405 g/mol. The quantitative estimate of drug-likeness (QED) is 0.389. The highest BCUT2D eigenvalue weighted by Crippen LogP contribution is 2.40. The summed E-state index contributed by atoms with van der Waals surface area (Å²) in [5, 5.41) is 5.79. The third-order valence-electron chi connectivity index (χ3n) is 3.78. The third kappa shape index (κ3) is 7.01. The van der Waals surface area contributed by atoms with Gasteiger partial charge >= 0.3 is 0 Å². The van der Waals surface area contributed by atoms with Crippen LogP contribution < -0.4 is 10.6 Å². The van der Waals surface area contributed by atoms with E-state index in [9.17, 15) is 8.78 Å². The van der Waals surface area contributed by atoms with E-state index in [0.717, 1.165) is 32.4 Å². The lowest BCUT2D eigenvalue weighted by Gasteiger charge is -2.29. The van der Waals surface area contributed by atoms with Gasteiger partial charge in [-0.3, -0.25) is 4.99 Å². The van der Waals surface area contributed by atoms with Crippen LogP contribution in [0.1, 0.15) is 32.1 Å². The van der Waals surface area contributed by atoms with Gasteiger partial charge in [0.05, 0.1) is 6.54 Å². The normalized spacial score (nSPS) is 17.9. The van der Waals surface area contributed by atoms with E-state index in [2.05, 4.69) is 15.6 Å². The molecule has 0 atom stereocenters. The Balaban J connectivity index is 0.00000361. The Labute approximate surface area is 137 Å². The SMILES string of the molecule is CN=C(NCC(F)F)NCC1(CCOC)CCCC1.I. The van der Waals surface area contributed by atoms with E-state index in [4.69, 9.17) is 4.74 Å². The Morgan fingerprint density at radius 2 is 1.95 bits per heavy atom. The molecular formula is C13H26F2IN3O. The molecule has 0 heterocycles. The Bertz CT molecular complexity index is 285. The first-order chi connectivity index (χ1) is 9.12. The molecule has 0 aromatic heterocycles. The highest BCUT2D eigenvalue weighted by Gasteiger charge is 2.33. The molecule has 2 N–H and O–H groups in total. The van der Waals surface area contributed by atoms with Gasteiger partial charge in [0.15, 0.2) is 5.96 Å². The summed E-state index contributed by atoms with van der Waals surface area (Å²) in [6, 6.07) is 0. The second-order valence-corrected chi connectivity index (χ2v) is 5.15. The average Bonchev–Trinajstić information content (AvgIpc) is 2.86. The van der Waals surface area contributed by atoms with Gasteiger partial charge in [-0.15, -0.1) is 24.0 Å². The highest BCUT2D eigenvalue weighted by atomic mass is 127. The van der Waals surface area contributed by atoms with E-state index in [1.54, 1.807) is 14.2 Å². The van der Waals surface area contributed by atoms with Gasteiger partial charge < -0.3 is 15.4 Å². The minimum atomic E-state index is -2.37. The van der Waals surface area contributed by atoms with Crippen LogP contribution >= 0.6 is 24.0 Å². The van der Waals surface area contributed by atoms with Gasteiger partial charge in [0.25, 0.3) is 6.43 Å². The number of nitrogens with one attached hydrogen (secondary N) is 2. The molecule has 4 nitrogen and oxygen atoms in total. The first-order valence-electron chi connectivity index (χ1n) is 6.83. The zero-order valence-corrected chi connectivity index (χ0v) is 14.6. The summed E-state index contributed by atoms with van der Waals surface area (Å²) >= 11 is 0. The van der Waals surface area contributed by atoms with Crippen molar-refractivity contribution >= 4 is 29.9 Å². The predicted molar refractivity (Wildman–Crippen MR) is 88.2 cm³/mol. The van der Waals surface area contributed by atoms with E-state index >= 15 is 0 Å². The first kappa shape index (κ1) is 19.8. The van der Waals surface area contributed by atoms with Crippen molar-refractivity contribution in [2.45, 2.75) is 38.5 Å². The highest BCUT2D eigenvalue weighted by molar-refractivity contribution is 14.0. The number of guanidine groups is 1. The molecule has 1 aliphatic rings. The number of alkyl halides is 2. The van der Waals surface area contributed by atoms with Crippen LogP contribution in [0.3, 0.4) is 0 Å². The van der Waals surface area contributed by atoms with Crippen molar-refractivity contribution < 1.29 is 13.5 Å². The molecule has 7 heteroatoms. The number of nitrogens with zero attached hydrogens (tertiary/aromatic N) is 1. The molecule has 120 valence electrons. The molecule has 0 radical (unpaired) electrons. The van der Waals surface area contributed by atoms with Gasteiger partial charge in [-0.1, -0.05) is 12.8 Å². The molecule has 0 spiro atoms. The number of hydrogen-bond acceptors (Lipinski definition) is 2. The number of aliphatic imine (C=N–C) groups is 1. The van der Waals surface area contributed by atoms with Gasteiger partial charge in [-0.05, 0) is 24.7 Å². The van der Waals surface area contributed by atoms with Gasteiger partial charge in [0.2, 0.25) is 0 Å². The molecule has 0 saturated heterocycles. The average molecular weight is 405 g/mol. The summed E-state index contributed by atoms with van der Waals surface area (Å²) in [6.07, 6.45) is 3.42. The summed E-state index contributed by atoms with van der Waals surface area (Å²) in [5.74, 6) is 0.448. The summed E-state index contributed by atoms with van der Waals surface area (Å²) in [7, 11) is 3.30. The molecule has 0 amide bonds. The lowest BCUT2D eigenvalue weighted by Crippen LogP contribution is -2.44. The van der Waals surface area contributed by atoms with Crippen LogP contribution in [-0.4, -0.2) is 46.2 Å². The van der Waals surface area contributed by atoms with Crippen molar-refractivity contribution in [2.75, 3.05) is 33.9 Å². The standard InChI is InChI=1S/C13H25F2N3O.HI/c1-16-12(17-9-11(14)15)18-10-13(7-8-19-2)5-3-4-6-13;/h11H,3-10H2,1-2H3,(H2,16,17,18);1H. The van der Waals surface area contributed by atoms with Crippen LogP contribution in [0.5, 0.6) is 0 Å². The molecule has 1 saturated carbocycles. The summed E-state index contributed by atoms with van der Waals surface area (Å²) < 4.78 is 29.5. The minimum absolute atomic E-state index is 0. The van der Waals surface area contributed by atoms with Crippen LogP contribution in [0.25, 0.3) is 0 Å². The molecular weight excluding hydrogens is 379 g/mol. The Hall–Kier alpha value is -0.180. The van der Waals surface area contributed by atoms with Crippen molar-refractivity contribution in [2.24, 2.45) is 10.4 Å². The maximum absolute atomic E-state index is 12.2. The van der Waals surface area contributed by atoms with Crippen LogP contribution in [0, 0.1) is 5.41 Å². The smallest absolute Gasteiger partial charge is 0.255 e. The van der Waals surface area contributed by atoms with Crippen molar-refractivity contribution in [1.82, 2.24) is 10.6 Å². The predicted octanol–water partition coefficient (Wildman–Crippen LogP) is 2.63. The lowest BCUT2D eigenvalue weighted by atomic mass is 9.83. The zero-order chi connectivity index (χ0) is 14.1. The fraction of sp³-hybridized carbons (Fsp3) is 0.923. The topological polar surface area (TPSA) is 45.7 Å². The molecule has 1 fully saturated rings. The van der Waals surface area contributed by atoms with Crippen LogP contribution in [-0.2, 0) is 4.74 Å².